The molecule has 0 spiro atoms. The van der Waals surface area contributed by atoms with E-state index >= 15 is 0 Å². The number of aryl methyl sites for hydroxylation is 1. The Morgan fingerprint density at radius 1 is 1.15 bits per heavy atom. The summed E-state index contributed by atoms with van der Waals surface area (Å²) in [7, 11) is 1.49. The lowest BCUT2D eigenvalue weighted by Crippen LogP contribution is -2.31. The first-order chi connectivity index (χ1) is 15.8. The SMILES string of the molecule is COc1cc([C@H]2c3c(-c4cc(C)ccc4O)n[nH]c3C(=O)N2CCCOC(C)C)ccc1O. The Labute approximate surface area is 192 Å². The zero-order chi connectivity index (χ0) is 23.7. The van der Waals surface area contributed by atoms with Gasteiger partial charge in [0.25, 0.3) is 5.91 Å². The summed E-state index contributed by atoms with van der Waals surface area (Å²) in [6, 6.07) is 9.89. The number of nitrogens with zero attached hydrogens (tertiary/aromatic N) is 2. The van der Waals surface area contributed by atoms with Crippen molar-refractivity contribution in [3.63, 3.8) is 0 Å². The second-order valence-corrected chi connectivity index (χ2v) is 8.49. The molecule has 0 bridgehead atoms. The first kappa shape index (κ1) is 22.7. The molecule has 1 atom stereocenters. The number of fused-ring (bicyclic) bond motifs is 1. The van der Waals surface area contributed by atoms with E-state index in [0.29, 0.717) is 47.8 Å². The van der Waals surface area contributed by atoms with Crippen LogP contribution in [0.3, 0.4) is 0 Å². The number of aromatic nitrogens is 2. The van der Waals surface area contributed by atoms with Crippen molar-refractivity contribution in [1.29, 1.82) is 0 Å². The minimum atomic E-state index is -0.463. The highest BCUT2D eigenvalue weighted by molar-refractivity contribution is 6.00. The average Bonchev–Trinajstić information content (AvgIpc) is 3.32. The van der Waals surface area contributed by atoms with Crippen molar-refractivity contribution in [3.8, 4) is 28.5 Å². The summed E-state index contributed by atoms with van der Waals surface area (Å²) in [4.78, 5) is 15.2. The van der Waals surface area contributed by atoms with Gasteiger partial charge in [-0.3, -0.25) is 9.89 Å². The molecule has 3 N–H and O–H groups in total. The van der Waals surface area contributed by atoms with Crippen LogP contribution >= 0.6 is 0 Å². The number of hydrogen-bond acceptors (Lipinski definition) is 6. The Morgan fingerprint density at radius 2 is 1.91 bits per heavy atom. The minimum Gasteiger partial charge on any atom is -0.507 e. The van der Waals surface area contributed by atoms with E-state index in [1.165, 1.54) is 7.11 Å². The van der Waals surface area contributed by atoms with Crippen LogP contribution in [-0.2, 0) is 4.74 Å². The van der Waals surface area contributed by atoms with E-state index in [2.05, 4.69) is 10.2 Å². The average molecular weight is 452 g/mol. The quantitative estimate of drug-likeness (QED) is 0.444. The molecule has 2 heterocycles. The van der Waals surface area contributed by atoms with Crippen LogP contribution in [0.25, 0.3) is 11.3 Å². The topological polar surface area (TPSA) is 108 Å². The number of phenols is 2. The van der Waals surface area contributed by atoms with E-state index in [1.807, 2.05) is 32.9 Å². The molecule has 1 aromatic heterocycles. The van der Waals surface area contributed by atoms with Crippen LogP contribution in [-0.4, -0.2) is 57.6 Å². The summed E-state index contributed by atoms with van der Waals surface area (Å²) in [6.45, 7) is 6.89. The third-order valence-corrected chi connectivity index (χ3v) is 5.79. The van der Waals surface area contributed by atoms with Crippen LogP contribution in [0.5, 0.6) is 17.2 Å². The predicted molar refractivity (Wildman–Crippen MR) is 124 cm³/mol. The second kappa shape index (κ2) is 9.15. The zero-order valence-electron chi connectivity index (χ0n) is 19.3. The number of H-pyrrole nitrogens is 1. The van der Waals surface area contributed by atoms with Gasteiger partial charge in [0.05, 0.1) is 19.3 Å². The van der Waals surface area contributed by atoms with Gasteiger partial charge in [-0.2, -0.15) is 5.10 Å². The summed E-state index contributed by atoms with van der Waals surface area (Å²) in [6.07, 6.45) is 0.780. The summed E-state index contributed by atoms with van der Waals surface area (Å²) >= 11 is 0. The summed E-state index contributed by atoms with van der Waals surface area (Å²) in [5.41, 5.74) is 3.91. The number of nitrogens with one attached hydrogen (secondary N) is 1. The molecule has 3 aromatic rings. The molecule has 0 fully saturated rings. The molecule has 1 aliphatic rings. The van der Waals surface area contributed by atoms with Gasteiger partial charge in [-0.15, -0.1) is 0 Å². The molecule has 8 heteroatoms. The van der Waals surface area contributed by atoms with Crippen LogP contribution < -0.4 is 4.74 Å². The Hall–Kier alpha value is -3.52. The normalized spacial score (nSPS) is 15.4. The van der Waals surface area contributed by atoms with E-state index < -0.39 is 6.04 Å². The van der Waals surface area contributed by atoms with Crippen molar-refractivity contribution in [1.82, 2.24) is 15.1 Å². The van der Waals surface area contributed by atoms with Crippen LogP contribution in [0.15, 0.2) is 36.4 Å². The molecule has 1 aliphatic heterocycles. The number of amides is 1. The maximum absolute atomic E-state index is 13.4. The number of aromatic amines is 1. The molecule has 0 saturated carbocycles. The maximum Gasteiger partial charge on any atom is 0.273 e. The molecule has 4 rings (SSSR count). The highest BCUT2D eigenvalue weighted by atomic mass is 16.5. The number of rotatable bonds is 8. The molecular weight excluding hydrogens is 422 g/mol. The monoisotopic (exact) mass is 451 g/mol. The molecule has 1 amide bonds. The van der Waals surface area contributed by atoms with Gasteiger partial charge in [-0.25, -0.2) is 0 Å². The smallest absolute Gasteiger partial charge is 0.273 e. The maximum atomic E-state index is 13.4. The van der Waals surface area contributed by atoms with E-state index in [0.717, 1.165) is 11.1 Å². The van der Waals surface area contributed by atoms with Crippen molar-refractivity contribution < 1.29 is 24.5 Å². The van der Waals surface area contributed by atoms with Gasteiger partial charge in [-0.05, 0) is 57.0 Å². The number of aromatic hydroxyl groups is 2. The lowest BCUT2D eigenvalue weighted by atomic mass is 9.94. The van der Waals surface area contributed by atoms with Crippen molar-refractivity contribution in [2.24, 2.45) is 0 Å². The van der Waals surface area contributed by atoms with Gasteiger partial charge < -0.3 is 24.6 Å². The van der Waals surface area contributed by atoms with Crippen molar-refractivity contribution >= 4 is 5.91 Å². The molecule has 0 radical (unpaired) electrons. The molecule has 2 aromatic carbocycles. The van der Waals surface area contributed by atoms with Crippen LogP contribution in [0.4, 0.5) is 0 Å². The zero-order valence-corrected chi connectivity index (χ0v) is 19.3. The molecule has 0 aliphatic carbocycles. The summed E-state index contributed by atoms with van der Waals surface area (Å²) in [5.74, 6) is 0.261. The fourth-order valence-corrected chi connectivity index (χ4v) is 4.24. The first-order valence-corrected chi connectivity index (χ1v) is 11.0. The Kier molecular flexibility index (Phi) is 6.29. The van der Waals surface area contributed by atoms with E-state index in [-0.39, 0.29) is 23.5 Å². The van der Waals surface area contributed by atoms with Crippen LogP contribution in [0.1, 0.15) is 53.5 Å². The molecule has 33 heavy (non-hydrogen) atoms. The molecule has 8 nitrogen and oxygen atoms in total. The summed E-state index contributed by atoms with van der Waals surface area (Å²) < 4.78 is 11.0. The summed E-state index contributed by atoms with van der Waals surface area (Å²) in [5, 5.41) is 28.0. The van der Waals surface area contributed by atoms with Crippen LogP contribution in [0, 0.1) is 6.92 Å². The highest BCUT2D eigenvalue weighted by Crippen LogP contribution is 2.45. The minimum absolute atomic E-state index is 0.0198. The Morgan fingerprint density at radius 3 is 2.64 bits per heavy atom. The van der Waals surface area contributed by atoms with E-state index in [4.69, 9.17) is 9.47 Å². The fourth-order valence-electron chi connectivity index (χ4n) is 4.24. The lowest BCUT2D eigenvalue weighted by Gasteiger charge is -2.27. The third-order valence-electron chi connectivity index (χ3n) is 5.79. The molecular formula is C25H29N3O5. The Balaban J connectivity index is 1.80. The number of carbonyl (C=O) groups is 1. The van der Waals surface area contributed by atoms with Gasteiger partial charge in [0.1, 0.15) is 17.1 Å². The van der Waals surface area contributed by atoms with Gasteiger partial charge in [0.2, 0.25) is 0 Å². The first-order valence-electron chi connectivity index (χ1n) is 11.0. The highest BCUT2D eigenvalue weighted by Gasteiger charge is 2.42. The standard InChI is InChI=1S/C25H29N3O5/c1-14(2)33-11-5-10-28-24(16-7-9-19(30)20(13-16)32-4)21-22(26-27-23(21)25(28)31)17-12-15(3)6-8-18(17)29/h6-9,12-14,24,29-30H,5,10-11H2,1-4H3,(H,26,27)/t24-/m0/s1. The Bertz CT molecular complexity index is 1170. The number of carbonyl (C=O) groups excluding carboxylic acids is 1. The number of methoxy groups -OCH3 is 1. The number of ether oxygens (including phenoxy) is 2. The van der Waals surface area contributed by atoms with Crippen molar-refractivity contribution in [3.05, 3.63) is 58.8 Å². The van der Waals surface area contributed by atoms with Gasteiger partial charge >= 0.3 is 0 Å². The van der Waals surface area contributed by atoms with Crippen LogP contribution in [0.2, 0.25) is 0 Å². The lowest BCUT2D eigenvalue weighted by molar-refractivity contribution is 0.0601. The number of hydrogen-bond donors (Lipinski definition) is 3. The second-order valence-electron chi connectivity index (χ2n) is 8.49. The van der Waals surface area contributed by atoms with E-state index in [1.54, 1.807) is 29.2 Å². The largest absolute Gasteiger partial charge is 0.507 e. The predicted octanol–water partition coefficient (Wildman–Crippen LogP) is 4.17. The number of benzene rings is 2. The van der Waals surface area contributed by atoms with Gasteiger partial charge in [0.15, 0.2) is 11.5 Å². The van der Waals surface area contributed by atoms with Gasteiger partial charge in [-0.1, -0.05) is 17.7 Å². The fraction of sp³-hybridized carbons (Fsp3) is 0.360. The number of phenolic OH excluding ortho intramolecular Hbond substituents is 2. The van der Waals surface area contributed by atoms with Crippen molar-refractivity contribution in [2.45, 2.75) is 39.3 Å². The molecule has 0 unspecified atom stereocenters. The van der Waals surface area contributed by atoms with Crippen molar-refractivity contribution in [2.75, 3.05) is 20.3 Å². The molecule has 0 saturated heterocycles. The van der Waals surface area contributed by atoms with Gasteiger partial charge in [0, 0.05) is 24.3 Å². The van der Waals surface area contributed by atoms with E-state index in [9.17, 15) is 15.0 Å². The third kappa shape index (κ3) is 4.26. The molecule has 174 valence electrons.